The highest BCUT2D eigenvalue weighted by Crippen LogP contribution is 3.09. The second kappa shape index (κ2) is 9.31. The van der Waals surface area contributed by atoms with E-state index < -0.39 is 13.1 Å². The van der Waals surface area contributed by atoms with Gasteiger partial charge >= 0.3 is 0 Å². The van der Waals surface area contributed by atoms with Crippen molar-refractivity contribution in [3.63, 3.8) is 0 Å². The Balaban J connectivity index is 2.05. The predicted octanol–water partition coefficient (Wildman–Crippen LogP) is 8.66. The molecule has 0 aromatic carbocycles. The van der Waals surface area contributed by atoms with Crippen molar-refractivity contribution in [2.24, 2.45) is 22.7 Å². The Morgan fingerprint density at radius 1 is 1.22 bits per heavy atom. The molecule has 3 aliphatic rings. The normalized spacial score (nSPS) is 42.8. The van der Waals surface area contributed by atoms with E-state index in [0.717, 1.165) is 27.2 Å². The maximum atomic E-state index is 12.1. The lowest BCUT2D eigenvalue weighted by atomic mass is 9.54. The molecule has 12 heteroatoms. The Bertz CT molecular complexity index is 613. The van der Waals surface area contributed by atoms with Gasteiger partial charge in [-0.15, -0.1) is 44.6 Å². The molecule has 0 aromatic heterocycles. The van der Waals surface area contributed by atoms with Crippen LogP contribution in [0.3, 0.4) is 0 Å². The SMILES string of the molecule is CC1=CCC2C[C@]3(O)C(C)C[C@@H](OP(P(P)P)P(PP)P(P)P)C13C2(C)C. The molecule has 0 amide bonds. The first-order chi connectivity index (χ1) is 12.4. The van der Waals surface area contributed by atoms with E-state index in [1.165, 1.54) is 5.57 Å². The molecule has 11 unspecified atom stereocenters. The van der Waals surface area contributed by atoms with E-state index in [-0.39, 0.29) is 37.9 Å². The molecule has 0 aromatic rings. The summed E-state index contributed by atoms with van der Waals surface area (Å²) in [6, 6.07) is 0. The van der Waals surface area contributed by atoms with Gasteiger partial charge in [-0.25, -0.2) is 0 Å². The highest BCUT2D eigenvalue weighted by Gasteiger charge is 2.77. The van der Waals surface area contributed by atoms with Gasteiger partial charge in [-0.05, 0) is 57.4 Å². The maximum Gasteiger partial charge on any atom is 0.0943 e. The van der Waals surface area contributed by atoms with Crippen LogP contribution in [0.25, 0.3) is 0 Å². The van der Waals surface area contributed by atoms with Gasteiger partial charge in [0.05, 0.1) is 24.6 Å². The van der Waals surface area contributed by atoms with Crippen LogP contribution in [0.4, 0.5) is 0 Å². The molecular formula is C15H34O2P10. The first-order valence-electron chi connectivity index (χ1n) is 9.16. The molecule has 0 heterocycles. The summed E-state index contributed by atoms with van der Waals surface area (Å²) in [7, 11) is 15.6. The third-order valence-electron chi connectivity index (χ3n) is 7.39. The van der Waals surface area contributed by atoms with Gasteiger partial charge in [0.1, 0.15) is 0 Å². The third kappa shape index (κ3) is 3.85. The van der Waals surface area contributed by atoms with Crippen LogP contribution in [0.15, 0.2) is 11.6 Å². The van der Waals surface area contributed by atoms with Crippen LogP contribution in [-0.2, 0) is 4.52 Å². The van der Waals surface area contributed by atoms with E-state index >= 15 is 0 Å². The van der Waals surface area contributed by atoms with E-state index in [9.17, 15) is 5.11 Å². The van der Waals surface area contributed by atoms with Crippen molar-refractivity contribution in [2.45, 2.75) is 58.7 Å². The van der Waals surface area contributed by atoms with Gasteiger partial charge in [-0.2, -0.15) is 0 Å². The minimum Gasteiger partial charge on any atom is -0.389 e. The smallest absolute Gasteiger partial charge is 0.0943 e. The molecular weight excluding hydrogens is 522 g/mol. The minimum absolute atomic E-state index is 0.0835. The summed E-state index contributed by atoms with van der Waals surface area (Å²) in [5.74, 6) is 0.856. The molecule has 0 radical (unpaired) electrons. The predicted molar refractivity (Wildman–Crippen MR) is 151 cm³/mol. The van der Waals surface area contributed by atoms with Crippen molar-refractivity contribution >= 4 is 81.1 Å². The van der Waals surface area contributed by atoms with E-state index in [1.54, 1.807) is 0 Å². The number of rotatable bonds is 6. The van der Waals surface area contributed by atoms with Gasteiger partial charge in [0, 0.05) is 6.99 Å². The molecule has 2 fully saturated rings. The molecule has 2 saturated carbocycles. The second-order valence-corrected chi connectivity index (χ2v) is 43.1. The Morgan fingerprint density at radius 2 is 1.85 bits per heavy atom. The topological polar surface area (TPSA) is 29.5 Å². The van der Waals surface area contributed by atoms with E-state index in [4.69, 9.17) is 4.52 Å². The van der Waals surface area contributed by atoms with Crippen molar-refractivity contribution in [3.05, 3.63) is 11.6 Å². The summed E-state index contributed by atoms with van der Waals surface area (Å²) in [5, 5.41) is 12.1. The minimum atomic E-state index is -0.618. The van der Waals surface area contributed by atoms with Gasteiger partial charge in [0.25, 0.3) is 0 Å². The first-order valence-corrected chi connectivity index (χ1v) is 26.7. The highest BCUT2D eigenvalue weighted by atomic mass is 33.1. The molecule has 13 atom stereocenters. The average Bonchev–Trinajstić information content (AvgIpc) is 2.81. The zero-order valence-corrected chi connectivity index (χ0v) is 26.8. The molecule has 27 heavy (non-hydrogen) atoms. The van der Waals surface area contributed by atoms with E-state index in [2.05, 4.69) is 78.4 Å². The largest absolute Gasteiger partial charge is 0.389 e. The standard InChI is InChI=1S/C15H34O2P10/c1-9-5-6-11-8-14(16)10(2)7-12(15(9,14)13(11,3)4)17-24(25(19)20)27(23-18)26(21)22/h5,10-12,16,23H,6-8,18-22H2,1-4H3/t10?,11?,12-,14+,15?,24?,27?/m1/s1. The van der Waals surface area contributed by atoms with Crippen LogP contribution in [-0.4, -0.2) is 16.8 Å². The summed E-state index contributed by atoms with van der Waals surface area (Å²) >= 11 is 0. The van der Waals surface area contributed by atoms with Crippen molar-refractivity contribution in [3.8, 4) is 0 Å². The Labute approximate surface area is 183 Å². The van der Waals surface area contributed by atoms with Crippen LogP contribution < -0.4 is 0 Å². The van der Waals surface area contributed by atoms with Gasteiger partial charge in [0.15, 0.2) is 0 Å². The second-order valence-electron chi connectivity index (χ2n) is 8.64. The van der Waals surface area contributed by atoms with E-state index in [1.807, 2.05) is 0 Å². The molecule has 0 aliphatic heterocycles. The summed E-state index contributed by atoms with van der Waals surface area (Å²) < 4.78 is 7.18. The van der Waals surface area contributed by atoms with Crippen LogP contribution in [0.2, 0.25) is 0 Å². The summed E-state index contributed by atoms with van der Waals surface area (Å²) in [4.78, 5) is 0. The van der Waals surface area contributed by atoms with Crippen LogP contribution in [0.5, 0.6) is 0 Å². The molecule has 3 rings (SSSR count). The molecule has 156 valence electrons. The highest BCUT2D eigenvalue weighted by molar-refractivity contribution is 9.10. The Morgan fingerprint density at radius 3 is 2.37 bits per heavy atom. The number of hydrogen-bond acceptors (Lipinski definition) is 2. The Kier molecular flexibility index (Phi) is 8.82. The number of aliphatic hydroxyl groups is 1. The fraction of sp³-hybridized carbons (Fsp3) is 0.867. The van der Waals surface area contributed by atoms with Crippen LogP contribution in [0.1, 0.15) is 47.0 Å². The lowest BCUT2D eigenvalue weighted by Gasteiger charge is -2.54. The van der Waals surface area contributed by atoms with Crippen molar-refractivity contribution in [1.82, 2.24) is 0 Å². The molecule has 1 N–H and O–H groups in total. The Hall–Kier alpha value is 3.96. The summed E-state index contributed by atoms with van der Waals surface area (Å²) in [6.07, 6.45) is 5.60. The van der Waals surface area contributed by atoms with Gasteiger partial charge in [0.2, 0.25) is 0 Å². The van der Waals surface area contributed by atoms with Crippen LogP contribution >= 0.6 is 81.1 Å². The average molecular weight is 556 g/mol. The monoisotopic (exact) mass is 556 g/mol. The third-order valence-corrected chi connectivity index (χ3v) is 54.6. The fourth-order valence-electron chi connectivity index (χ4n) is 6.25. The van der Waals surface area contributed by atoms with Gasteiger partial charge in [-0.1, -0.05) is 40.4 Å². The first kappa shape index (κ1) is 25.6. The van der Waals surface area contributed by atoms with E-state index in [0.29, 0.717) is 11.8 Å². The lowest BCUT2D eigenvalue weighted by Crippen LogP contribution is -2.55. The molecule has 0 saturated heterocycles. The van der Waals surface area contributed by atoms with Gasteiger partial charge in [-0.3, -0.25) is 0 Å². The summed E-state index contributed by atoms with van der Waals surface area (Å²) in [6.45, 7) is 8.79. The quantitative estimate of drug-likeness (QED) is 0.262. The van der Waals surface area contributed by atoms with Crippen molar-refractivity contribution in [2.75, 3.05) is 0 Å². The van der Waals surface area contributed by atoms with Crippen molar-refractivity contribution < 1.29 is 9.63 Å². The summed E-state index contributed by atoms with van der Waals surface area (Å²) in [5.41, 5.74) is 0.633. The number of allylic oxidation sites excluding steroid dienone is 1. The van der Waals surface area contributed by atoms with Crippen molar-refractivity contribution in [1.29, 1.82) is 0 Å². The fourth-order valence-corrected chi connectivity index (χ4v) is 72.5. The molecule has 1 spiro atoms. The van der Waals surface area contributed by atoms with Crippen LogP contribution in [0, 0.1) is 22.7 Å². The zero-order chi connectivity index (χ0) is 20.4. The molecule has 3 aliphatic carbocycles. The van der Waals surface area contributed by atoms with Gasteiger partial charge < -0.3 is 9.63 Å². The molecule has 2 nitrogen and oxygen atoms in total. The molecule has 2 bridgehead atoms. The zero-order valence-electron chi connectivity index (χ0n) is 16.5. The lowest BCUT2D eigenvalue weighted by molar-refractivity contribution is -0.106. The number of fused-ring (bicyclic) bond motifs is 1. The maximum absolute atomic E-state index is 12.1. The number of hydrogen-bond donors (Lipinski definition) is 1.